The summed E-state index contributed by atoms with van der Waals surface area (Å²) in [6, 6.07) is 13.1. The summed E-state index contributed by atoms with van der Waals surface area (Å²) in [6.07, 6.45) is 0. The highest BCUT2D eigenvalue weighted by Crippen LogP contribution is 2.31. The largest absolute Gasteiger partial charge is 0.497 e. The van der Waals surface area contributed by atoms with E-state index in [1.807, 2.05) is 61.3 Å². The number of benzene rings is 2. The number of hydrogen-bond acceptors (Lipinski definition) is 5. The summed E-state index contributed by atoms with van der Waals surface area (Å²) in [5, 5.41) is 2.98. The minimum Gasteiger partial charge on any atom is -0.497 e. The second-order valence-corrected chi connectivity index (χ2v) is 6.31. The lowest BCUT2D eigenvalue weighted by Gasteiger charge is -2.25. The first-order valence-electron chi connectivity index (χ1n) is 8.80. The highest BCUT2D eigenvalue weighted by molar-refractivity contribution is 5.81. The number of methoxy groups -OCH3 is 3. The average molecular weight is 372 g/mol. The van der Waals surface area contributed by atoms with Crippen LogP contribution in [0.25, 0.3) is 0 Å². The molecule has 0 fully saturated rings. The van der Waals surface area contributed by atoms with Crippen LogP contribution in [0.3, 0.4) is 0 Å². The van der Waals surface area contributed by atoms with Crippen LogP contribution in [0.4, 0.5) is 0 Å². The highest BCUT2D eigenvalue weighted by Gasteiger charge is 2.20. The quantitative estimate of drug-likeness (QED) is 0.733. The molecule has 6 heteroatoms. The van der Waals surface area contributed by atoms with Crippen LogP contribution in [0.2, 0.25) is 0 Å². The lowest BCUT2D eigenvalue weighted by molar-refractivity contribution is -0.125. The van der Waals surface area contributed by atoms with Crippen molar-refractivity contribution in [3.05, 3.63) is 53.6 Å². The van der Waals surface area contributed by atoms with Crippen LogP contribution in [-0.2, 0) is 17.9 Å². The van der Waals surface area contributed by atoms with Gasteiger partial charge in [-0.3, -0.25) is 9.69 Å². The molecule has 2 rings (SSSR count). The van der Waals surface area contributed by atoms with Gasteiger partial charge in [0.1, 0.15) is 5.75 Å². The number of para-hydroxylation sites is 1. The Morgan fingerprint density at radius 3 is 2.33 bits per heavy atom. The smallest absolute Gasteiger partial charge is 0.237 e. The number of ether oxygens (including phenoxy) is 3. The van der Waals surface area contributed by atoms with E-state index >= 15 is 0 Å². The number of nitrogens with one attached hydrogen (secondary N) is 1. The fraction of sp³-hybridized carbons (Fsp3) is 0.381. The molecule has 2 aromatic carbocycles. The van der Waals surface area contributed by atoms with Crippen LogP contribution in [0, 0.1) is 0 Å². The summed E-state index contributed by atoms with van der Waals surface area (Å²) in [7, 11) is 6.77. The molecular weight excluding hydrogens is 344 g/mol. The third-order valence-electron chi connectivity index (χ3n) is 4.57. The fourth-order valence-electron chi connectivity index (χ4n) is 2.76. The van der Waals surface area contributed by atoms with Crippen LogP contribution in [0.15, 0.2) is 42.5 Å². The zero-order valence-electron chi connectivity index (χ0n) is 16.6. The van der Waals surface area contributed by atoms with Gasteiger partial charge < -0.3 is 19.5 Å². The summed E-state index contributed by atoms with van der Waals surface area (Å²) in [4.78, 5) is 14.5. The minimum atomic E-state index is -0.292. The molecule has 0 spiro atoms. The molecule has 0 heterocycles. The lowest BCUT2D eigenvalue weighted by Crippen LogP contribution is -2.42. The van der Waals surface area contributed by atoms with Gasteiger partial charge in [-0.25, -0.2) is 0 Å². The topological polar surface area (TPSA) is 60.0 Å². The Morgan fingerprint density at radius 1 is 1.04 bits per heavy atom. The van der Waals surface area contributed by atoms with E-state index in [9.17, 15) is 4.79 Å². The molecule has 0 aliphatic rings. The van der Waals surface area contributed by atoms with E-state index in [-0.39, 0.29) is 11.9 Å². The van der Waals surface area contributed by atoms with Crippen LogP contribution in [0.5, 0.6) is 17.2 Å². The second-order valence-electron chi connectivity index (χ2n) is 6.31. The minimum absolute atomic E-state index is 0.0322. The Hall–Kier alpha value is -2.73. The van der Waals surface area contributed by atoms with E-state index in [2.05, 4.69) is 5.32 Å². The molecule has 0 radical (unpaired) electrons. The van der Waals surface area contributed by atoms with E-state index in [4.69, 9.17) is 14.2 Å². The molecule has 1 N–H and O–H groups in total. The van der Waals surface area contributed by atoms with Crippen molar-refractivity contribution < 1.29 is 19.0 Å². The SMILES string of the molecule is COc1ccc(CNC(=O)[C@H](C)N(C)Cc2cccc(OC)c2OC)cc1. The molecule has 1 amide bonds. The maximum Gasteiger partial charge on any atom is 0.237 e. The van der Waals surface area contributed by atoms with E-state index < -0.39 is 0 Å². The molecule has 6 nitrogen and oxygen atoms in total. The number of amides is 1. The predicted molar refractivity (Wildman–Crippen MR) is 105 cm³/mol. The predicted octanol–water partition coefficient (Wildman–Crippen LogP) is 2.85. The Bertz CT molecular complexity index is 746. The van der Waals surface area contributed by atoms with Crippen molar-refractivity contribution in [3.63, 3.8) is 0 Å². The average Bonchev–Trinajstić information content (AvgIpc) is 2.71. The highest BCUT2D eigenvalue weighted by atomic mass is 16.5. The fourth-order valence-corrected chi connectivity index (χ4v) is 2.76. The maximum absolute atomic E-state index is 12.5. The first-order chi connectivity index (χ1) is 13.0. The van der Waals surface area contributed by atoms with E-state index in [0.717, 1.165) is 16.9 Å². The van der Waals surface area contributed by atoms with Gasteiger partial charge >= 0.3 is 0 Å². The summed E-state index contributed by atoms with van der Waals surface area (Å²) in [5.41, 5.74) is 1.99. The van der Waals surface area contributed by atoms with Crippen molar-refractivity contribution in [3.8, 4) is 17.2 Å². The molecule has 2 aromatic rings. The second kappa shape index (κ2) is 9.83. The first-order valence-corrected chi connectivity index (χ1v) is 8.80. The third-order valence-corrected chi connectivity index (χ3v) is 4.57. The first kappa shape index (κ1) is 20.6. The number of nitrogens with zero attached hydrogens (tertiary/aromatic N) is 1. The van der Waals surface area contributed by atoms with Gasteiger partial charge in [0.15, 0.2) is 11.5 Å². The molecule has 0 saturated carbocycles. The van der Waals surface area contributed by atoms with Gasteiger partial charge in [-0.05, 0) is 37.7 Å². The molecule has 0 unspecified atom stereocenters. The van der Waals surface area contributed by atoms with Crippen LogP contribution in [0.1, 0.15) is 18.1 Å². The number of likely N-dealkylation sites (N-methyl/N-ethyl adjacent to an activating group) is 1. The van der Waals surface area contributed by atoms with Crippen LogP contribution >= 0.6 is 0 Å². The van der Waals surface area contributed by atoms with Crippen molar-refractivity contribution in [2.75, 3.05) is 28.4 Å². The molecular formula is C21H28N2O4. The van der Waals surface area contributed by atoms with Gasteiger partial charge in [0.25, 0.3) is 0 Å². The third kappa shape index (κ3) is 5.37. The van der Waals surface area contributed by atoms with Gasteiger partial charge in [-0.1, -0.05) is 24.3 Å². The van der Waals surface area contributed by atoms with Crippen LogP contribution < -0.4 is 19.5 Å². The lowest BCUT2D eigenvalue weighted by atomic mass is 10.1. The van der Waals surface area contributed by atoms with Crippen molar-refractivity contribution in [2.24, 2.45) is 0 Å². The summed E-state index contributed by atoms with van der Waals surface area (Å²) in [6.45, 7) is 2.93. The number of carbonyl (C=O) groups is 1. The van der Waals surface area contributed by atoms with Crippen molar-refractivity contribution >= 4 is 5.91 Å². The standard InChI is InChI=1S/C21H28N2O4/c1-15(21(24)22-13-16-9-11-18(25-3)12-10-16)23(2)14-17-7-6-8-19(26-4)20(17)27-5/h6-12,15H,13-14H2,1-5H3,(H,22,24)/t15-/m0/s1. The monoisotopic (exact) mass is 372 g/mol. The van der Waals surface area contributed by atoms with Crippen molar-refractivity contribution in [1.29, 1.82) is 0 Å². The Morgan fingerprint density at radius 2 is 1.74 bits per heavy atom. The summed E-state index contributed by atoms with van der Waals surface area (Å²) in [5.74, 6) is 2.14. The number of carbonyl (C=O) groups excluding carboxylic acids is 1. The van der Waals surface area contributed by atoms with Gasteiger partial charge in [0, 0.05) is 18.7 Å². The van der Waals surface area contributed by atoms with Gasteiger partial charge in [-0.2, -0.15) is 0 Å². The zero-order chi connectivity index (χ0) is 19.8. The molecule has 1 atom stereocenters. The molecule has 146 valence electrons. The molecule has 0 aliphatic heterocycles. The number of hydrogen-bond donors (Lipinski definition) is 1. The van der Waals surface area contributed by atoms with E-state index in [1.54, 1.807) is 21.3 Å². The molecule has 27 heavy (non-hydrogen) atoms. The molecule has 0 bridgehead atoms. The van der Waals surface area contributed by atoms with Crippen molar-refractivity contribution in [1.82, 2.24) is 10.2 Å². The molecule has 0 saturated heterocycles. The van der Waals surface area contributed by atoms with Gasteiger partial charge in [0.2, 0.25) is 5.91 Å². The maximum atomic E-state index is 12.5. The molecule has 0 aromatic heterocycles. The van der Waals surface area contributed by atoms with Gasteiger partial charge in [-0.15, -0.1) is 0 Å². The van der Waals surface area contributed by atoms with Crippen molar-refractivity contribution in [2.45, 2.75) is 26.1 Å². The van der Waals surface area contributed by atoms with E-state index in [1.165, 1.54) is 0 Å². The Labute approximate surface area is 161 Å². The Kier molecular flexibility index (Phi) is 7.49. The molecule has 0 aliphatic carbocycles. The van der Waals surface area contributed by atoms with Gasteiger partial charge in [0.05, 0.1) is 27.4 Å². The Balaban J connectivity index is 1.95. The van der Waals surface area contributed by atoms with Crippen LogP contribution in [-0.4, -0.2) is 45.2 Å². The summed E-state index contributed by atoms with van der Waals surface area (Å²) >= 11 is 0. The normalized spacial score (nSPS) is 11.8. The number of rotatable bonds is 9. The summed E-state index contributed by atoms with van der Waals surface area (Å²) < 4.78 is 16.0. The van der Waals surface area contributed by atoms with E-state index in [0.29, 0.717) is 24.6 Å². The zero-order valence-corrected chi connectivity index (χ0v) is 16.6.